The summed E-state index contributed by atoms with van der Waals surface area (Å²) in [4.78, 5) is 12.5. The number of amides is 1. The van der Waals surface area contributed by atoms with E-state index >= 15 is 0 Å². The first-order valence-corrected chi connectivity index (χ1v) is 10.7. The molecule has 1 amide bonds. The van der Waals surface area contributed by atoms with Crippen LogP contribution in [0, 0.1) is 0 Å². The summed E-state index contributed by atoms with van der Waals surface area (Å²) in [6, 6.07) is 19.1. The minimum atomic E-state index is -3.75. The van der Waals surface area contributed by atoms with Gasteiger partial charge in [-0.15, -0.1) is 0 Å². The van der Waals surface area contributed by atoms with Crippen LogP contribution < -0.4 is 14.8 Å². The second-order valence-corrected chi connectivity index (χ2v) is 8.17. The van der Waals surface area contributed by atoms with Gasteiger partial charge in [0.25, 0.3) is 15.9 Å². The summed E-state index contributed by atoms with van der Waals surface area (Å²) in [6.45, 7) is 2.42. The van der Waals surface area contributed by atoms with E-state index < -0.39 is 10.0 Å². The largest absolute Gasteiger partial charge is 0.494 e. The molecule has 0 radical (unpaired) electrons. The molecule has 3 aromatic carbocycles. The summed E-state index contributed by atoms with van der Waals surface area (Å²) < 4.78 is 32.7. The molecule has 3 rings (SSSR count). The van der Waals surface area contributed by atoms with Crippen LogP contribution in [0.3, 0.4) is 0 Å². The lowest BCUT2D eigenvalue weighted by Gasteiger charge is -2.10. The standard InChI is InChI=1S/C21H19ClN2O4S/c1-2-28-19-5-3-4-18(14-19)23-21(25)15-6-10-17(11-7-15)24-29(26,27)20-12-8-16(22)9-13-20/h3-14,24H,2H2,1H3,(H,23,25). The van der Waals surface area contributed by atoms with E-state index in [9.17, 15) is 13.2 Å². The maximum absolute atomic E-state index is 12.4. The Labute approximate surface area is 174 Å². The topological polar surface area (TPSA) is 84.5 Å². The highest BCUT2D eigenvalue weighted by molar-refractivity contribution is 7.92. The van der Waals surface area contributed by atoms with E-state index in [2.05, 4.69) is 10.0 Å². The molecular formula is C21H19ClN2O4S. The van der Waals surface area contributed by atoms with Gasteiger partial charge in [0.2, 0.25) is 0 Å². The molecule has 6 nitrogen and oxygen atoms in total. The summed E-state index contributed by atoms with van der Waals surface area (Å²) >= 11 is 5.79. The van der Waals surface area contributed by atoms with Crippen molar-refractivity contribution >= 4 is 38.9 Å². The SMILES string of the molecule is CCOc1cccc(NC(=O)c2ccc(NS(=O)(=O)c3ccc(Cl)cc3)cc2)c1. The van der Waals surface area contributed by atoms with Gasteiger partial charge in [-0.25, -0.2) is 8.42 Å². The second-order valence-electron chi connectivity index (χ2n) is 6.05. The number of benzene rings is 3. The average molecular weight is 431 g/mol. The van der Waals surface area contributed by atoms with Gasteiger partial charge in [-0.2, -0.15) is 0 Å². The first-order chi connectivity index (χ1) is 13.9. The normalized spacial score (nSPS) is 11.0. The maximum Gasteiger partial charge on any atom is 0.261 e. The van der Waals surface area contributed by atoms with E-state index in [1.54, 1.807) is 36.4 Å². The highest BCUT2D eigenvalue weighted by atomic mass is 35.5. The number of hydrogen-bond acceptors (Lipinski definition) is 4. The quantitative estimate of drug-likeness (QED) is 0.564. The number of carbonyl (C=O) groups excluding carboxylic acids is 1. The Balaban J connectivity index is 1.68. The van der Waals surface area contributed by atoms with Gasteiger partial charge in [0, 0.05) is 28.0 Å². The minimum Gasteiger partial charge on any atom is -0.494 e. The third-order valence-corrected chi connectivity index (χ3v) is 5.58. The molecular weight excluding hydrogens is 412 g/mol. The predicted molar refractivity (Wildman–Crippen MR) is 114 cm³/mol. The highest BCUT2D eigenvalue weighted by Crippen LogP contribution is 2.20. The zero-order valence-corrected chi connectivity index (χ0v) is 17.1. The number of nitrogens with one attached hydrogen (secondary N) is 2. The van der Waals surface area contributed by atoms with Gasteiger partial charge >= 0.3 is 0 Å². The molecule has 0 bridgehead atoms. The molecule has 150 valence electrons. The molecule has 8 heteroatoms. The van der Waals surface area contributed by atoms with Crippen LogP contribution in [0.5, 0.6) is 5.75 Å². The Bertz CT molecular complexity index is 1100. The smallest absolute Gasteiger partial charge is 0.261 e. The number of anilines is 2. The van der Waals surface area contributed by atoms with Crippen molar-refractivity contribution in [2.45, 2.75) is 11.8 Å². The molecule has 0 atom stereocenters. The molecule has 0 aliphatic carbocycles. The van der Waals surface area contributed by atoms with Gasteiger partial charge in [0.15, 0.2) is 0 Å². The zero-order chi connectivity index (χ0) is 20.9. The fourth-order valence-electron chi connectivity index (χ4n) is 2.55. The minimum absolute atomic E-state index is 0.0953. The number of hydrogen-bond donors (Lipinski definition) is 2. The fourth-order valence-corrected chi connectivity index (χ4v) is 3.74. The summed E-state index contributed by atoms with van der Waals surface area (Å²) in [5.74, 6) is 0.350. The molecule has 29 heavy (non-hydrogen) atoms. The molecule has 0 fully saturated rings. The summed E-state index contributed by atoms with van der Waals surface area (Å²) in [7, 11) is -3.75. The molecule has 0 spiro atoms. The van der Waals surface area contributed by atoms with Gasteiger partial charge in [-0.3, -0.25) is 9.52 Å². The Morgan fingerprint density at radius 3 is 2.31 bits per heavy atom. The van der Waals surface area contributed by atoms with Crippen molar-refractivity contribution in [2.24, 2.45) is 0 Å². The van der Waals surface area contributed by atoms with Gasteiger partial charge in [0.05, 0.1) is 11.5 Å². The molecule has 0 saturated heterocycles. The number of sulfonamides is 1. The van der Waals surface area contributed by atoms with Crippen molar-refractivity contribution in [1.82, 2.24) is 0 Å². The lowest BCUT2D eigenvalue weighted by atomic mass is 10.2. The fraction of sp³-hybridized carbons (Fsp3) is 0.0952. The van der Waals surface area contributed by atoms with E-state index in [-0.39, 0.29) is 10.8 Å². The van der Waals surface area contributed by atoms with Crippen molar-refractivity contribution in [3.05, 3.63) is 83.4 Å². The summed E-state index contributed by atoms with van der Waals surface area (Å²) in [5, 5.41) is 3.24. The average Bonchev–Trinajstić information content (AvgIpc) is 2.69. The second kappa shape index (κ2) is 8.98. The number of rotatable bonds is 7. The number of carbonyl (C=O) groups is 1. The number of halogens is 1. The zero-order valence-electron chi connectivity index (χ0n) is 15.6. The van der Waals surface area contributed by atoms with Crippen LogP contribution in [0.1, 0.15) is 17.3 Å². The third-order valence-electron chi connectivity index (χ3n) is 3.93. The first-order valence-electron chi connectivity index (χ1n) is 8.80. The Hall–Kier alpha value is -3.03. The summed E-state index contributed by atoms with van der Waals surface area (Å²) in [6.07, 6.45) is 0. The molecule has 0 aliphatic rings. The van der Waals surface area contributed by atoms with Crippen molar-refractivity contribution in [1.29, 1.82) is 0 Å². The van der Waals surface area contributed by atoms with E-state index in [1.165, 1.54) is 36.4 Å². The van der Waals surface area contributed by atoms with Crippen LogP contribution in [0.2, 0.25) is 5.02 Å². The lowest BCUT2D eigenvalue weighted by Crippen LogP contribution is -2.14. The molecule has 2 N–H and O–H groups in total. The van der Waals surface area contributed by atoms with E-state index in [0.29, 0.717) is 34.3 Å². The van der Waals surface area contributed by atoms with Crippen LogP contribution >= 0.6 is 11.6 Å². The van der Waals surface area contributed by atoms with Crippen molar-refractivity contribution in [3.8, 4) is 5.75 Å². The van der Waals surface area contributed by atoms with Crippen LogP contribution in [0.4, 0.5) is 11.4 Å². The maximum atomic E-state index is 12.4. The number of ether oxygens (including phenoxy) is 1. The van der Waals surface area contributed by atoms with Crippen molar-refractivity contribution in [2.75, 3.05) is 16.6 Å². The van der Waals surface area contributed by atoms with Crippen LogP contribution in [0.15, 0.2) is 77.7 Å². The van der Waals surface area contributed by atoms with Crippen LogP contribution in [-0.4, -0.2) is 20.9 Å². The van der Waals surface area contributed by atoms with E-state index in [4.69, 9.17) is 16.3 Å². The molecule has 0 unspecified atom stereocenters. The van der Waals surface area contributed by atoms with Crippen molar-refractivity contribution < 1.29 is 17.9 Å². The van der Waals surface area contributed by atoms with Gasteiger partial charge in [0.1, 0.15) is 5.75 Å². The van der Waals surface area contributed by atoms with E-state index in [1.807, 2.05) is 6.92 Å². The highest BCUT2D eigenvalue weighted by Gasteiger charge is 2.14. The van der Waals surface area contributed by atoms with Gasteiger partial charge in [-0.1, -0.05) is 17.7 Å². The monoisotopic (exact) mass is 430 g/mol. The Morgan fingerprint density at radius 2 is 1.66 bits per heavy atom. The molecule has 3 aromatic rings. The summed E-state index contributed by atoms with van der Waals surface area (Å²) in [5.41, 5.74) is 1.34. The first kappa shape index (κ1) is 20.7. The van der Waals surface area contributed by atoms with Gasteiger partial charge < -0.3 is 10.1 Å². The lowest BCUT2D eigenvalue weighted by molar-refractivity contribution is 0.102. The van der Waals surface area contributed by atoms with Crippen LogP contribution in [-0.2, 0) is 10.0 Å². The van der Waals surface area contributed by atoms with E-state index in [0.717, 1.165) is 0 Å². The molecule has 0 heterocycles. The Kier molecular flexibility index (Phi) is 6.41. The molecule has 0 aromatic heterocycles. The van der Waals surface area contributed by atoms with Crippen molar-refractivity contribution in [3.63, 3.8) is 0 Å². The molecule has 0 aliphatic heterocycles. The van der Waals surface area contributed by atoms with Crippen LogP contribution in [0.25, 0.3) is 0 Å². The third kappa shape index (κ3) is 5.49. The predicted octanol–water partition coefficient (Wildman–Crippen LogP) is 4.79. The van der Waals surface area contributed by atoms with Gasteiger partial charge in [-0.05, 0) is 67.6 Å². The Morgan fingerprint density at radius 1 is 0.966 bits per heavy atom. The molecule has 0 saturated carbocycles.